The number of ketones is 1. The minimum Gasteiger partial charge on any atom is -0.508 e. The van der Waals surface area contributed by atoms with Gasteiger partial charge < -0.3 is 24.8 Å². The summed E-state index contributed by atoms with van der Waals surface area (Å²) in [6.45, 7) is 10.2. The van der Waals surface area contributed by atoms with E-state index < -0.39 is 18.1 Å². The fourth-order valence-electron chi connectivity index (χ4n) is 4.22. The second kappa shape index (κ2) is 9.65. The number of phenolic OH excluding ortho intramolecular Hbond substituents is 1. The van der Waals surface area contributed by atoms with E-state index in [4.69, 9.17) is 9.47 Å². The smallest absolute Gasteiger partial charge is 0.174 e. The van der Waals surface area contributed by atoms with Gasteiger partial charge in [0.25, 0.3) is 0 Å². The molecule has 1 heterocycles. The number of hydrogen-bond donors (Lipinski definition) is 3. The molecule has 6 heteroatoms. The van der Waals surface area contributed by atoms with Crippen LogP contribution >= 0.6 is 0 Å². The van der Waals surface area contributed by atoms with Gasteiger partial charge in [0.1, 0.15) is 34.7 Å². The van der Waals surface area contributed by atoms with E-state index in [-0.39, 0.29) is 35.2 Å². The first-order valence-electron chi connectivity index (χ1n) is 10.8. The second-order valence-corrected chi connectivity index (χ2v) is 8.85. The first kappa shape index (κ1) is 23.7. The van der Waals surface area contributed by atoms with Crippen molar-refractivity contribution >= 4 is 5.78 Å². The van der Waals surface area contributed by atoms with Gasteiger partial charge in [-0.15, -0.1) is 0 Å². The third kappa shape index (κ3) is 4.91. The van der Waals surface area contributed by atoms with Gasteiger partial charge in [0.15, 0.2) is 5.78 Å². The highest BCUT2D eigenvalue weighted by molar-refractivity contribution is 6.03. The number of phenols is 1. The van der Waals surface area contributed by atoms with Gasteiger partial charge in [-0.05, 0) is 51.7 Å². The summed E-state index contributed by atoms with van der Waals surface area (Å²) >= 11 is 0. The molecule has 3 N–H and O–H groups in total. The summed E-state index contributed by atoms with van der Waals surface area (Å²) in [4.78, 5) is 13.0. The Labute approximate surface area is 189 Å². The number of benzene rings is 1. The van der Waals surface area contributed by atoms with E-state index in [2.05, 4.69) is 12.7 Å². The van der Waals surface area contributed by atoms with Crippen molar-refractivity contribution in [1.29, 1.82) is 0 Å². The zero-order chi connectivity index (χ0) is 23.6. The monoisotopic (exact) mass is 440 g/mol. The lowest BCUT2D eigenvalue weighted by molar-refractivity contribution is 0.0513. The number of ether oxygens (including phenoxy) is 2. The van der Waals surface area contributed by atoms with Gasteiger partial charge in [-0.2, -0.15) is 0 Å². The number of allylic oxidation sites excluding steroid dienone is 4. The predicted octanol–water partition coefficient (Wildman–Crippen LogP) is 4.81. The standard InChI is InChI=1S/C26H32O6/c1-14(2)6-7-16(15(3)4)10-19-23(31-5)12-21(29)25-22(30)13-24(32-26(19)25)18-9-8-17(27)11-20(18)28/h6,8-9,11-12,16,18,20,24,27-29H,3,7,10,13H2,1-2,4-5H3/t16?,18?,20?,24-/m0/s1. The molecule has 0 saturated carbocycles. The van der Waals surface area contributed by atoms with Crippen LogP contribution in [0, 0.1) is 11.8 Å². The van der Waals surface area contributed by atoms with Crippen LogP contribution in [0.1, 0.15) is 49.5 Å². The van der Waals surface area contributed by atoms with Crippen molar-refractivity contribution in [3.63, 3.8) is 0 Å². The number of fused-ring (bicyclic) bond motifs is 1. The zero-order valence-corrected chi connectivity index (χ0v) is 19.1. The predicted molar refractivity (Wildman–Crippen MR) is 123 cm³/mol. The Balaban J connectivity index is 2.04. The maximum Gasteiger partial charge on any atom is 0.174 e. The van der Waals surface area contributed by atoms with Gasteiger partial charge in [-0.1, -0.05) is 29.9 Å². The fraction of sp³-hybridized carbons (Fsp3) is 0.423. The van der Waals surface area contributed by atoms with Crippen molar-refractivity contribution in [3.8, 4) is 17.2 Å². The number of Topliss-reactive ketones (excluding diaryl/α,β-unsaturated/α-hetero) is 1. The van der Waals surface area contributed by atoms with Crippen LogP contribution in [0.5, 0.6) is 17.2 Å². The summed E-state index contributed by atoms with van der Waals surface area (Å²) in [5, 5.41) is 30.6. The minimum absolute atomic E-state index is 0.00861. The molecule has 0 radical (unpaired) electrons. The highest BCUT2D eigenvalue weighted by Crippen LogP contribution is 2.45. The average Bonchev–Trinajstić information content (AvgIpc) is 2.71. The molecule has 2 aliphatic rings. The molecule has 0 aromatic heterocycles. The van der Waals surface area contributed by atoms with E-state index in [1.54, 1.807) is 6.08 Å². The van der Waals surface area contributed by atoms with Crippen LogP contribution in [0.15, 0.2) is 53.9 Å². The van der Waals surface area contributed by atoms with Gasteiger partial charge in [0.05, 0.1) is 13.2 Å². The zero-order valence-electron chi connectivity index (χ0n) is 19.1. The number of rotatable bonds is 7. The van der Waals surface area contributed by atoms with Crippen LogP contribution in [0.2, 0.25) is 0 Å². The number of hydrogen-bond acceptors (Lipinski definition) is 6. The normalized spacial score (nSPS) is 23.0. The molecule has 1 aliphatic carbocycles. The molecule has 1 aromatic carbocycles. The molecule has 0 spiro atoms. The Kier molecular flexibility index (Phi) is 7.14. The summed E-state index contributed by atoms with van der Waals surface area (Å²) in [5.41, 5.74) is 3.04. The van der Waals surface area contributed by atoms with Crippen LogP contribution in [-0.2, 0) is 6.42 Å². The van der Waals surface area contributed by atoms with Crippen LogP contribution in [0.4, 0.5) is 0 Å². The first-order chi connectivity index (χ1) is 15.1. The molecule has 3 unspecified atom stereocenters. The number of aliphatic hydroxyl groups excluding tert-OH is 2. The lowest BCUT2D eigenvalue weighted by Gasteiger charge is -2.34. The van der Waals surface area contributed by atoms with E-state index in [1.807, 2.05) is 20.8 Å². The van der Waals surface area contributed by atoms with Crippen molar-refractivity contribution in [2.75, 3.05) is 7.11 Å². The molecule has 1 aliphatic heterocycles. The van der Waals surface area contributed by atoms with E-state index in [9.17, 15) is 20.1 Å². The molecule has 3 rings (SSSR count). The summed E-state index contributed by atoms with van der Waals surface area (Å²) in [6.07, 6.45) is 6.30. The Morgan fingerprint density at radius 3 is 2.66 bits per heavy atom. The number of aromatic hydroxyl groups is 1. The van der Waals surface area contributed by atoms with Crippen LogP contribution < -0.4 is 9.47 Å². The van der Waals surface area contributed by atoms with Gasteiger partial charge in [-0.25, -0.2) is 0 Å². The highest BCUT2D eigenvalue weighted by Gasteiger charge is 2.39. The Bertz CT molecular complexity index is 996. The number of carbonyl (C=O) groups is 1. The van der Waals surface area contributed by atoms with Gasteiger partial charge in [-0.3, -0.25) is 4.79 Å². The molecule has 4 atom stereocenters. The first-order valence-corrected chi connectivity index (χ1v) is 10.8. The maximum atomic E-state index is 13.0. The van der Waals surface area contributed by atoms with Crippen LogP contribution in [0.25, 0.3) is 0 Å². The third-order valence-electron chi connectivity index (χ3n) is 6.09. The molecule has 0 bridgehead atoms. The van der Waals surface area contributed by atoms with E-state index in [0.717, 1.165) is 12.0 Å². The Hall–Kier alpha value is -2.99. The Morgan fingerprint density at radius 1 is 1.34 bits per heavy atom. The lowest BCUT2D eigenvalue weighted by atomic mass is 9.83. The molecular weight excluding hydrogens is 408 g/mol. The summed E-state index contributed by atoms with van der Waals surface area (Å²) in [7, 11) is 1.51. The van der Waals surface area contributed by atoms with Crippen molar-refractivity contribution in [2.24, 2.45) is 11.8 Å². The fourth-order valence-corrected chi connectivity index (χ4v) is 4.22. The summed E-state index contributed by atoms with van der Waals surface area (Å²) < 4.78 is 11.8. The largest absolute Gasteiger partial charge is 0.508 e. The third-order valence-corrected chi connectivity index (χ3v) is 6.09. The molecule has 172 valence electrons. The molecule has 32 heavy (non-hydrogen) atoms. The second-order valence-electron chi connectivity index (χ2n) is 8.85. The number of carbonyl (C=O) groups excluding carboxylic acids is 1. The number of methoxy groups -OCH3 is 1. The van der Waals surface area contributed by atoms with E-state index >= 15 is 0 Å². The van der Waals surface area contributed by atoms with Crippen molar-refractivity contribution in [1.82, 2.24) is 0 Å². The molecular formula is C26H32O6. The SMILES string of the molecule is C=C(C)C(CC=C(C)C)Cc1c(OC)cc(O)c2c1O[C@H](C1C=CC(O)=CC1O)CC2=O. The van der Waals surface area contributed by atoms with Crippen molar-refractivity contribution in [3.05, 3.63) is 65.0 Å². The molecule has 6 nitrogen and oxygen atoms in total. The lowest BCUT2D eigenvalue weighted by Crippen LogP contribution is -2.39. The van der Waals surface area contributed by atoms with E-state index in [0.29, 0.717) is 23.5 Å². The molecule has 1 aromatic rings. The van der Waals surface area contributed by atoms with Gasteiger partial charge in [0, 0.05) is 24.0 Å². The molecule has 0 fully saturated rings. The van der Waals surface area contributed by atoms with Gasteiger partial charge in [0.2, 0.25) is 0 Å². The molecule has 0 saturated heterocycles. The Morgan fingerprint density at radius 2 is 2.06 bits per heavy atom. The van der Waals surface area contributed by atoms with Crippen molar-refractivity contribution < 1.29 is 29.6 Å². The van der Waals surface area contributed by atoms with Gasteiger partial charge >= 0.3 is 0 Å². The quantitative estimate of drug-likeness (QED) is 0.527. The molecule has 0 amide bonds. The topological polar surface area (TPSA) is 96.2 Å². The highest BCUT2D eigenvalue weighted by atomic mass is 16.5. The van der Waals surface area contributed by atoms with Crippen molar-refractivity contribution in [2.45, 2.75) is 52.2 Å². The maximum absolute atomic E-state index is 13.0. The summed E-state index contributed by atoms with van der Waals surface area (Å²) in [5.74, 6) is -0.148. The number of aliphatic hydroxyl groups is 2. The summed E-state index contributed by atoms with van der Waals surface area (Å²) in [6, 6.07) is 1.46. The minimum atomic E-state index is -0.983. The van der Waals surface area contributed by atoms with E-state index in [1.165, 1.54) is 30.9 Å². The van der Waals surface area contributed by atoms with Crippen LogP contribution in [0.3, 0.4) is 0 Å². The average molecular weight is 441 g/mol. The van der Waals surface area contributed by atoms with Crippen LogP contribution in [-0.4, -0.2) is 40.4 Å².